The fourth-order valence-electron chi connectivity index (χ4n) is 4.07. The first kappa shape index (κ1) is 21.2. The lowest BCUT2D eigenvalue weighted by Gasteiger charge is -2.27. The number of nitrogens with one attached hydrogen (secondary N) is 1. The standard InChI is InChI=1S/C24H25N5O4/c1-31-18-4-5-19-20(12-18)27-23-22(19)25-15-29(24(23)30)26-13-16-3-6-21(32-2)17(11-16)14-28-7-9-33-10-8-28/h3-6,11-13,15,27H,7-10,14H2,1-2H3/b26-13+. The number of ether oxygens (including phenoxy) is 3. The zero-order chi connectivity index (χ0) is 22.8. The summed E-state index contributed by atoms with van der Waals surface area (Å²) >= 11 is 0. The van der Waals surface area contributed by atoms with Gasteiger partial charge in [0.25, 0.3) is 5.56 Å². The van der Waals surface area contributed by atoms with Crippen molar-refractivity contribution in [3.05, 3.63) is 64.2 Å². The maximum atomic E-state index is 13.0. The van der Waals surface area contributed by atoms with Crippen molar-refractivity contribution in [3.63, 3.8) is 0 Å². The van der Waals surface area contributed by atoms with Gasteiger partial charge in [0.2, 0.25) is 0 Å². The second-order valence-corrected chi connectivity index (χ2v) is 7.86. The quantitative estimate of drug-likeness (QED) is 0.457. The zero-order valence-electron chi connectivity index (χ0n) is 18.6. The van der Waals surface area contributed by atoms with Crippen LogP contribution < -0.4 is 15.0 Å². The van der Waals surface area contributed by atoms with Crippen LogP contribution in [0.2, 0.25) is 0 Å². The summed E-state index contributed by atoms with van der Waals surface area (Å²) in [6.45, 7) is 4.02. The lowest BCUT2D eigenvalue weighted by atomic mass is 10.1. The SMILES string of the molecule is COc1ccc2c(c1)[nH]c1c(=O)n(/N=C/c3ccc(OC)c(CN4CCOCC4)c3)cnc12. The van der Waals surface area contributed by atoms with Crippen molar-refractivity contribution in [2.45, 2.75) is 6.54 Å². The predicted octanol–water partition coefficient (Wildman–Crippen LogP) is 2.61. The molecule has 2 aromatic carbocycles. The Morgan fingerprint density at radius 1 is 1.15 bits per heavy atom. The molecule has 0 aliphatic carbocycles. The molecule has 1 N–H and O–H groups in total. The molecule has 1 aliphatic heterocycles. The number of rotatable bonds is 6. The molecule has 9 heteroatoms. The molecule has 1 saturated heterocycles. The number of aromatic amines is 1. The minimum Gasteiger partial charge on any atom is -0.497 e. The number of fused-ring (bicyclic) bond motifs is 3. The Bertz CT molecular complexity index is 1390. The van der Waals surface area contributed by atoms with E-state index in [1.54, 1.807) is 20.4 Å². The molecule has 0 radical (unpaired) electrons. The van der Waals surface area contributed by atoms with Crippen LogP contribution in [0.4, 0.5) is 0 Å². The number of hydrogen-bond acceptors (Lipinski definition) is 7. The van der Waals surface area contributed by atoms with Crippen molar-refractivity contribution in [1.82, 2.24) is 19.5 Å². The zero-order valence-corrected chi connectivity index (χ0v) is 18.6. The highest BCUT2D eigenvalue weighted by atomic mass is 16.5. The van der Waals surface area contributed by atoms with Gasteiger partial charge in [-0.1, -0.05) is 0 Å². The summed E-state index contributed by atoms with van der Waals surface area (Å²) in [5.74, 6) is 1.53. The van der Waals surface area contributed by atoms with Crippen LogP contribution in [0.25, 0.3) is 21.9 Å². The molecule has 1 aliphatic rings. The Balaban J connectivity index is 1.45. The fourth-order valence-corrected chi connectivity index (χ4v) is 4.07. The molecule has 0 saturated carbocycles. The van der Waals surface area contributed by atoms with E-state index >= 15 is 0 Å². The van der Waals surface area contributed by atoms with Crippen LogP contribution in [0.5, 0.6) is 11.5 Å². The first-order valence-electron chi connectivity index (χ1n) is 10.7. The van der Waals surface area contributed by atoms with E-state index in [1.165, 1.54) is 11.0 Å². The van der Waals surface area contributed by atoms with Crippen LogP contribution in [0, 0.1) is 0 Å². The summed E-state index contributed by atoms with van der Waals surface area (Å²) in [5.41, 5.74) is 3.47. The van der Waals surface area contributed by atoms with Gasteiger partial charge in [0.1, 0.15) is 28.9 Å². The van der Waals surface area contributed by atoms with Crippen molar-refractivity contribution < 1.29 is 14.2 Å². The summed E-state index contributed by atoms with van der Waals surface area (Å²) in [4.78, 5) is 22.9. The molecule has 0 amide bonds. The van der Waals surface area contributed by atoms with Gasteiger partial charge in [-0.15, -0.1) is 0 Å². The fraction of sp³-hybridized carbons (Fsp3) is 0.292. The van der Waals surface area contributed by atoms with Gasteiger partial charge in [0, 0.05) is 36.7 Å². The molecule has 33 heavy (non-hydrogen) atoms. The van der Waals surface area contributed by atoms with E-state index in [-0.39, 0.29) is 5.56 Å². The Morgan fingerprint density at radius 2 is 2.00 bits per heavy atom. The van der Waals surface area contributed by atoms with Crippen LogP contribution in [-0.4, -0.2) is 66.3 Å². The molecule has 5 rings (SSSR count). The van der Waals surface area contributed by atoms with Crippen molar-refractivity contribution in [3.8, 4) is 11.5 Å². The van der Waals surface area contributed by atoms with Gasteiger partial charge in [0.05, 0.1) is 39.2 Å². The highest BCUT2D eigenvalue weighted by Gasteiger charge is 2.14. The van der Waals surface area contributed by atoms with Crippen LogP contribution in [0.1, 0.15) is 11.1 Å². The molecular weight excluding hydrogens is 422 g/mol. The number of morpholine rings is 1. The smallest absolute Gasteiger partial charge is 0.298 e. The molecule has 0 unspecified atom stereocenters. The first-order chi connectivity index (χ1) is 16.2. The molecule has 2 aromatic heterocycles. The highest BCUT2D eigenvalue weighted by Crippen LogP contribution is 2.25. The molecule has 0 atom stereocenters. The van der Waals surface area contributed by atoms with Gasteiger partial charge < -0.3 is 19.2 Å². The van der Waals surface area contributed by atoms with E-state index in [0.717, 1.165) is 60.6 Å². The summed E-state index contributed by atoms with van der Waals surface area (Å²) in [6.07, 6.45) is 3.10. The Labute approximate surface area is 190 Å². The monoisotopic (exact) mass is 447 g/mol. The van der Waals surface area contributed by atoms with Gasteiger partial charge >= 0.3 is 0 Å². The van der Waals surface area contributed by atoms with Crippen molar-refractivity contribution >= 4 is 28.2 Å². The van der Waals surface area contributed by atoms with Crippen LogP contribution >= 0.6 is 0 Å². The third kappa shape index (κ3) is 4.20. The molecule has 3 heterocycles. The highest BCUT2D eigenvalue weighted by molar-refractivity contribution is 6.04. The molecule has 9 nitrogen and oxygen atoms in total. The number of nitrogens with zero attached hydrogens (tertiary/aromatic N) is 4. The second-order valence-electron chi connectivity index (χ2n) is 7.86. The Hall–Kier alpha value is -3.69. The first-order valence-corrected chi connectivity index (χ1v) is 10.7. The van der Waals surface area contributed by atoms with Crippen LogP contribution in [0.3, 0.4) is 0 Å². The van der Waals surface area contributed by atoms with E-state index in [0.29, 0.717) is 16.8 Å². The lowest BCUT2D eigenvalue weighted by molar-refractivity contribution is 0.0339. The maximum absolute atomic E-state index is 13.0. The maximum Gasteiger partial charge on any atom is 0.298 e. The average molecular weight is 447 g/mol. The largest absolute Gasteiger partial charge is 0.497 e. The third-order valence-corrected chi connectivity index (χ3v) is 5.83. The van der Waals surface area contributed by atoms with Gasteiger partial charge in [-0.25, -0.2) is 4.98 Å². The number of hydrogen-bond donors (Lipinski definition) is 1. The van der Waals surface area contributed by atoms with Crippen molar-refractivity contribution in [2.24, 2.45) is 5.10 Å². The van der Waals surface area contributed by atoms with Gasteiger partial charge in [-0.05, 0) is 35.9 Å². The van der Waals surface area contributed by atoms with Gasteiger partial charge in [0.15, 0.2) is 0 Å². The molecule has 0 bridgehead atoms. The Kier molecular flexibility index (Phi) is 5.80. The second kappa shape index (κ2) is 9.05. The van der Waals surface area contributed by atoms with Crippen molar-refractivity contribution in [1.29, 1.82) is 0 Å². The molecule has 170 valence electrons. The van der Waals surface area contributed by atoms with Crippen molar-refractivity contribution in [2.75, 3.05) is 40.5 Å². The predicted molar refractivity (Wildman–Crippen MR) is 126 cm³/mol. The number of aromatic nitrogens is 3. The summed E-state index contributed by atoms with van der Waals surface area (Å²) in [6, 6.07) is 11.4. The van der Waals surface area contributed by atoms with Gasteiger partial charge in [-0.2, -0.15) is 9.78 Å². The topological polar surface area (TPSA) is 94.0 Å². The molecule has 1 fully saturated rings. The average Bonchev–Trinajstić information content (AvgIpc) is 3.23. The van der Waals surface area contributed by atoms with E-state index in [9.17, 15) is 4.79 Å². The summed E-state index contributed by atoms with van der Waals surface area (Å²) in [5, 5.41) is 5.23. The van der Waals surface area contributed by atoms with Gasteiger partial charge in [-0.3, -0.25) is 9.69 Å². The molecule has 4 aromatic rings. The van der Waals surface area contributed by atoms with Crippen LogP contribution in [-0.2, 0) is 11.3 Å². The summed E-state index contributed by atoms with van der Waals surface area (Å²) < 4.78 is 17.5. The lowest BCUT2D eigenvalue weighted by Crippen LogP contribution is -2.35. The number of H-pyrrole nitrogens is 1. The minimum absolute atomic E-state index is 0.270. The number of methoxy groups -OCH3 is 2. The van der Waals surface area contributed by atoms with E-state index in [2.05, 4.69) is 20.0 Å². The van der Waals surface area contributed by atoms with E-state index in [1.807, 2.05) is 36.4 Å². The number of benzene rings is 2. The molecule has 0 spiro atoms. The molecular formula is C24H25N5O4. The third-order valence-electron chi connectivity index (χ3n) is 5.83. The minimum atomic E-state index is -0.270. The summed E-state index contributed by atoms with van der Waals surface area (Å²) in [7, 11) is 3.28. The van der Waals surface area contributed by atoms with Crippen LogP contribution in [0.15, 0.2) is 52.6 Å². The normalized spacial score (nSPS) is 15.0. The van der Waals surface area contributed by atoms with E-state index < -0.39 is 0 Å². The Morgan fingerprint density at radius 3 is 2.79 bits per heavy atom. The van der Waals surface area contributed by atoms with E-state index in [4.69, 9.17) is 14.2 Å².